The Labute approximate surface area is 180 Å². The fourth-order valence-corrected chi connectivity index (χ4v) is 3.91. The number of halogens is 1. The summed E-state index contributed by atoms with van der Waals surface area (Å²) < 4.78 is 10.7. The summed E-state index contributed by atoms with van der Waals surface area (Å²) >= 11 is 6.02. The van der Waals surface area contributed by atoms with Crippen LogP contribution in [0.5, 0.6) is 0 Å². The van der Waals surface area contributed by atoms with Crippen molar-refractivity contribution in [3.63, 3.8) is 0 Å². The molecular formula is C23H24ClN3O3. The van der Waals surface area contributed by atoms with Crippen LogP contribution in [-0.2, 0) is 4.74 Å². The van der Waals surface area contributed by atoms with Crippen LogP contribution in [0.15, 0.2) is 63.0 Å². The Morgan fingerprint density at radius 2 is 1.93 bits per heavy atom. The SMILES string of the molecule is Cc1occc1C(=O)N/N=C/C1=C(N2CCOCC2)C(=C\c2ccc(Cl)cc2)/CC1. The quantitative estimate of drug-likeness (QED) is 0.568. The summed E-state index contributed by atoms with van der Waals surface area (Å²) in [7, 11) is 0. The smallest absolute Gasteiger partial charge is 0.274 e. The Morgan fingerprint density at radius 3 is 2.63 bits per heavy atom. The molecule has 4 rings (SSSR count). The number of furan rings is 1. The van der Waals surface area contributed by atoms with Crippen LogP contribution in [0.4, 0.5) is 0 Å². The Bertz CT molecular complexity index is 999. The molecule has 2 aromatic rings. The molecule has 0 atom stereocenters. The van der Waals surface area contributed by atoms with Gasteiger partial charge in [0.2, 0.25) is 0 Å². The van der Waals surface area contributed by atoms with Gasteiger partial charge in [0.1, 0.15) is 5.76 Å². The molecule has 30 heavy (non-hydrogen) atoms. The van der Waals surface area contributed by atoms with E-state index < -0.39 is 0 Å². The van der Waals surface area contributed by atoms with E-state index in [1.54, 1.807) is 19.2 Å². The van der Waals surface area contributed by atoms with E-state index in [1.807, 2.05) is 24.3 Å². The highest BCUT2D eigenvalue weighted by Crippen LogP contribution is 2.35. The van der Waals surface area contributed by atoms with E-state index in [2.05, 4.69) is 21.5 Å². The summed E-state index contributed by atoms with van der Waals surface area (Å²) in [5.74, 6) is 0.297. The number of hydrazone groups is 1. The zero-order valence-electron chi connectivity index (χ0n) is 16.9. The first-order valence-electron chi connectivity index (χ1n) is 10.0. The number of nitrogens with zero attached hydrogens (tertiary/aromatic N) is 2. The molecule has 1 fully saturated rings. The van der Waals surface area contributed by atoms with Crippen LogP contribution in [0.2, 0.25) is 5.02 Å². The number of morpholine rings is 1. The fraction of sp³-hybridized carbons (Fsp3) is 0.304. The van der Waals surface area contributed by atoms with Crippen molar-refractivity contribution in [1.29, 1.82) is 0 Å². The summed E-state index contributed by atoms with van der Waals surface area (Å²) in [6, 6.07) is 9.48. The lowest BCUT2D eigenvalue weighted by Gasteiger charge is -2.31. The van der Waals surface area contributed by atoms with E-state index in [1.165, 1.54) is 17.5 Å². The first-order valence-corrected chi connectivity index (χ1v) is 10.4. The monoisotopic (exact) mass is 425 g/mol. The van der Waals surface area contributed by atoms with Gasteiger partial charge in [-0.2, -0.15) is 5.10 Å². The molecule has 1 N–H and O–H groups in total. The molecule has 0 spiro atoms. The average Bonchev–Trinajstić information content (AvgIpc) is 3.36. The van der Waals surface area contributed by atoms with Crippen molar-refractivity contribution < 1.29 is 13.9 Å². The maximum absolute atomic E-state index is 12.3. The van der Waals surface area contributed by atoms with Crippen molar-refractivity contribution in [2.24, 2.45) is 5.10 Å². The number of hydrogen-bond donors (Lipinski definition) is 1. The van der Waals surface area contributed by atoms with Crippen molar-refractivity contribution in [1.82, 2.24) is 10.3 Å². The number of nitrogens with one attached hydrogen (secondary N) is 1. The van der Waals surface area contributed by atoms with Crippen molar-refractivity contribution in [2.45, 2.75) is 19.8 Å². The zero-order chi connectivity index (χ0) is 20.9. The summed E-state index contributed by atoms with van der Waals surface area (Å²) in [5.41, 5.74) is 7.77. The second-order valence-corrected chi connectivity index (χ2v) is 7.72. The number of hydrogen-bond acceptors (Lipinski definition) is 5. The molecule has 0 saturated carbocycles. The van der Waals surface area contributed by atoms with Crippen LogP contribution in [0.3, 0.4) is 0 Å². The van der Waals surface area contributed by atoms with E-state index in [0.29, 0.717) is 24.5 Å². The van der Waals surface area contributed by atoms with E-state index in [-0.39, 0.29) is 5.91 Å². The number of carbonyl (C=O) groups excluding carboxylic acids is 1. The molecule has 1 amide bonds. The van der Waals surface area contributed by atoms with Gasteiger partial charge in [-0.25, -0.2) is 5.43 Å². The van der Waals surface area contributed by atoms with Crippen molar-refractivity contribution in [2.75, 3.05) is 26.3 Å². The highest BCUT2D eigenvalue weighted by molar-refractivity contribution is 6.30. The maximum atomic E-state index is 12.3. The molecule has 7 heteroatoms. The molecule has 6 nitrogen and oxygen atoms in total. The molecule has 2 heterocycles. The number of aryl methyl sites for hydroxylation is 1. The normalized spacial score (nSPS) is 18.6. The standard InChI is InChI=1S/C23H24ClN3O3/c1-16-21(8-11-30-16)23(28)26-25-15-19-5-4-18(14-17-2-6-20(24)7-3-17)22(19)27-9-12-29-13-10-27/h2-3,6-8,11,14-15H,4-5,9-10,12-13H2,1H3,(H,26,28)/b18-14-,25-15+. The highest BCUT2D eigenvalue weighted by Gasteiger charge is 2.25. The van der Waals surface area contributed by atoms with Gasteiger partial charge in [0.05, 0.1) is 31.3 Å². The number of amides is 1. The molecule has 2 aliphatic rings. The molecule has 1 saturated heterocycles. The van der Waals surface area contributed by atoms with Gasteiger partial charge in [-0.1, -0.05) is 23.7 Å². The van der Waals surface area contributed by atoms with Crippen molar-refractivity contribution in [3.05, 3.63) is 75.3 Å². The molecule has 156 valence electrons. The fourth-order valence-electron chi connectivity index (χ4n) is 3.78. The molecule has 1 aromatic heterocycles. The second kappa shape index (κ2) is 9.32. The first kappa shape index (κ1) is 20.4. The van der Waals surface area contributed by atoms with Gasteiger partial charge in [-0.15, -0.1) is 0 Å². The molecule has 1 aliphatic heterocycles. The third kappa shape index (κ3) is 4.66. The average molecular weight is 426 g/mol. The third-order valence-corrected chi connectivity index (χ3v) is 5.55. The highest BCUT2D eigenvalue weighted by atomic mass is 35.5. The van der Waals surface area contributed by atoms with Crippen LogP contribution in [0, 0.1) is 6.92 Å². The van der Waals surface area contributed by atoms with Gasteiger partial charge in [0, 0.05) is 23.8 Å². The van der Waals surface area contributed by atoms with E-state index in [4.69, 9.17) is 20.8 Å². The first-order chi connectivity index (χ1) is 14.6. The van der Waals surface area contributed by atoms with Crippen LogP contribution >= 0.6 is 11.6 Å². The Kier molecular flexibility index (Phi) is 6.35. The lowest BCUT2D eigenvalue weighted by atomic mass is 10.1. The summed E-state index contributed by atoms with van der Waals surface area (Å²) in [6.45, 7) is 4.84. The minimum atomic E-state index is -0.277. The topological polar surface area (TPSA) is 67.1 Å². The minimum Gasteiger partial charge on any atom is -0.469 e. The molecule has 1 aromatic carbocycles. The molecule has 0 bridgehead atoms. The maximum Gasteiger partial charge on any atom is 0.274 e. The number of benzene rings is 1. The Morgan fingerprint density at radius 1 is 1.17 bits per heavy atom. The number of allylic oxidation sites excluding steroid dienone is 2. The van der Waals surface area contributed by atoms with Gasteiger partial charge >= 0.3 is 0 Å². The van der Waals surface area contributed by atoms with E-state index in [9.17, 15) is 4.79 Å². The van der Waals surface area contributed by atoms with Crippen molar-refractivity contribution >= 4 is 29.8 Å². The van der Waals surface area contributed by atoms with Crippen LogP contribution in [0.1, 0.15) is 34.5 Å². The Balaban J connectivity index is 1.57. The van der Waals surface area contributed by atoms with Gasteiger partial charge in [0.15, 0.2) is 0 Å². The van der Waals surface area contributed by atoms with Gasteiger partial charge in [-0.05, 0) is 60.8 Å². The third-order valence-electron chi connectivity index (χ3n) is 5.30. The predicted octanol–water partition coefficient (Wildman–Crippen LogP) is 4.42. The summed E-state index contributed by atoms with van der Waals surface area (Å²) in [5, 5.41) is 4.95. The lowest BCUT2D eigenvalue weighted by molar-refractivity contribution is 0.0548. The van der Waals surface area contributed by atoms with E-state index >= 15 is 0 Å². The second-order valence-electron chi connectivity index (χ2n) is 7.28. The summed E-state index contributed by atoms with van der Waals surface area (Å²) in [4.78, 5) is 14.6. The Hall–Kier alpha value is -2.83. The molecule has 1 aliphatic carbocycles. The van der Waals surface area contributed by atoms with Gasteiger partial charge < -0.3 is 14.1 Å². The molecule has 0 unspecified atom stereocenters. The number of carbonyl (C=O) groups is 1. The zero-order valence-corrected chi connectivity index (χ0v) is 17.6. The van der Waals surface area contributed by atoms with Gasteiger partial charge in [-0.3, -0.25) is 4.79 Å². The van der Waals surface area contributed by atoms with Gasteiger partial charge in [0.25, 0.3) is 5.91 Å². The summed E-state index contributed by atoms with van der Waals surface area (Å²) in [6.07, 6.45) is 7.26. The number of rotatable bonds is 5. The molecule has 0 radical (unpaired) electrons. The minimum absolute atomic E-state index is 0.277. The lowest BCUT2D eigenvalue weighted by Crippen LogP contribution is -2.36. The van der Waals surface area contributed by atoms with Crippen molar-refractivity contribution in [3.8, 4) is 0 Å². The van der Waals surface area contributed by atoms with E-state index in [0.717, 1.165) is 42.1 Å². The predicted molar refractivity (Wildman–Crippen MR) is 117 cm³/mol. The van der Waals surface area contributed by atoms with Crippen LogP contribution < -0.4 is 5.43 Å². The molecular weight excluding hydrogens is 402 g/mol. The van der Waals surface area contributed by atoms with Crippen LogP contribution in [-0.4, -0.2) is 43.3 Å². The largest absolute Gasteiger partial charge is 0.469 e. The number of ether oxygens (including phenoxy) is 1. The van der Waals surface area contributed by atoms with Crippen LogP contribution in [0.25, 0.3) is 6.08 Å².